The number of nitrogens with zero attached hydrogens (tertiary/aromatic N) is 2. The lowest BCUT2D eigenvalue weighted by Gasteiger charge is -2.29. The molecule has 0 spiro atoms. The first-order valence-electron chi connectivity index (χ1n) is 6.00. The smallest absolute Gasteiger partial charge is 0.321 e. The zero-order chi connectivity index (χ0) is 11.5. The van der Waals surface area contributed by atoms with Crippen molar-refractivity contribution in [2.45, 2.75) is 51.6 Å². The Morgan fingerprint density at radius 1 is 1.50 bits per heavy atom. The predicted molar refractivity (Wildman–Crippen MR) is 62.5 cm³/mol. The van der Waals surface area contributed by atoms with E-state index in [1.807, 2.05) is 0 Å². The predicted octanol–water partition coefficient (Wildman–Crippen LogP) is 1.75. The molecule has 2 N–H and O–H groups in total. The Morgan fingerprint density at radius 2 is 2.31 bits per heavy atom. The highest BCUT2D eigenvalue weighted by molar-refractivity contribution is 5.22. The van der Waals surface area contributed by atoms with Crippen LogP contribution in [0.1, 0.15) is 45.4 Å². The summed E-state index contributed by atoms with van der Waals surface area (Å²) in [7, 11) is 0. The lowest BCUT2D eigenvalue weighted by Crippen LogP contribution is -2.46. The van der Waals surface area contributed by atoms with E-state index in [2.05, 4.69) is 41.5 Å². The summed E-state index contributed by atoms with van der Waals surface area (Å²) in [5.74, 6) is 1.07. The molecule has 1 saturated heterocycles. The van der Waals surface area contributed by atoms with Gasteiger partial charge in [0.2, 0.25) is 0 Å². The summed E-state index contributed by atoms with van der Waals surface area (Å²) in [6.45, 7) is 7.38. The monoisotopic (exact) mass is 224 g/mol. The molecule has 0 saturated carbocycles. The highest BCUT2D eigenvalue weighted by Gasteiger charge is 2.22. The summed E-state index contributed by atoms with van der Waals surface area (Å²) >= 11 is 0. The van der Waals surface area contributed by atoms with Gasteiger partial charge in [-0.2, -0.15) is 4.98 Å². The van der Waals surface area contributed by atoms with Crippen LogP contribution < -0.4 is 10.6 Å². The molecule has 2 heterocycles. The van der Waals surface area contributed by atoms with Crippen molar-refractivity contribution in [2.75, 3.05) is 11.9 Å². The van der Waals surface area contributed by atoms with Gasteiger partial charge in [0.05, 0.1) is 0 Å². The Kier molecular flexibility index (Phi) is 3.43. The zero-order valence-corrected chi connectivity index (χ0v) is 10.2. The highest BCUT2D eigenvalue weighted by Crippen LogP contribution is 2.17. The van der Waals surface area contributed by atoms with E-state index in [0.29, 0.717) is 24.0 Å². The third kappa shape index (κ3) is 2.52. The molecule has 0 aliphatic carbocycles. The fourth-order valence-electron chi connectivity index (χ4n) is 1.93. The van der Waals surface area contributed by atoms with Crippen LogP contribution in [0.3, 0.4) is 0 Å². The Balaban J connectivity index is 1.97. The number of anilines is 1. The van der Waals surface area contributed by atoms with Gasteiger partial charge in [0.1, 0.15) is 0 Å². The molecule has 5 nitrogen and oxygen atoms in total. The summed E-state index contributed by atoms with van der Waals surface area (Å²) in [5, 5.41) is 10.7. The van der Waals surface area contributed by atoms with Gasteiger partial charge in [0.15, 0.2) is 5.82 Å². The van der Waals surface area contributed by atoms with Crippen LogP contribution in [-0.2, 0) is 0 Å². The van der Waals surface area contributed by atoms with Crippen molar-refractivity contribution < 1.29 is 4.52 Å². The van der Waals surface area contributed by atoms with Crippen molar-refractivity contribution in [3.63, 3.8) is 0 Å². The van der Waals surface area contributed by atoms with Crippen molar-refractivity contribution >= 4 is 6.01 Å². The molecule has 1 aromatic heterocycles. The van der Waals surface area contributed by atoms with Gasteiger partial charge in [-0.15, -0.1) is 0 Å². The first-order valence-corrected chi connectivity index (χ1v) is 6.00. The van der Waals surface area contributed by atoms with E-state index >= 15 is 0 Å². The first kappa shape index (κ1) is 11.4. The van der Waals surface area contributed by atoms with Crippen LogP contribution in [0.25, 0.3) is 0 Å². The largest absolute Gasteiger partial charge is 0.333 e. The summed E-state index contributed by atoms with van der Waals surface area (Å²) in [4.78, 5) is 4.32. The fourth-order valence-corrected chi connectivity index (χ4v) is 1.93. The molecule has 0 amide bonds. The van der Waals surface area contributed by atoms with Crippen LogP contribution >= 0.6 is 0 Å². The number of hydrogen-bond donors (Lipinski definition) is 2. The first-order chi connectivity index (χ1) is 7.66. The highest BCUT2D eigenvalue weighted by atomic mass is 16.5. The van der Waals surface area contributed by atoms with Gasteiger partial charge in [-0.05, 0) is 26.3 Å². The summed E-state index contributed by atoms with van der Waals surface area (Å²) in [6, 6.07) is 1.38. The van der Waals surface area contributed by atoms with Crippen molar-refractivity contribution in [3.8, 4) is 0 Å². The lowest BCUT2D eigenvalue weighted by molar-refractivity contribution is 0.367. The van der Waals surface area contributed by atoms with Crippen molar-refractivity contribution in [1.82, 2.24) is 15.5 Å². The lowest BCUT2D eigenvalue weighted by atomic mass is 10.0. The maximum atomic E-state index is 5.18. The molecule has 1 aliphatic rings. The van der Waals surface area contributed by atoms with Gasteiger partial charge in [0, 0.05) is 18.0 Å². The molecule has 1 aromatic rings. The quantitative estimate of drug-likeness (QED) is 0.819. The van der Waals surface area contributed by atoms with Crippen LogP contribution in [-0.4, -0.2) is 28.8 Å². The molecular weight excluding hydrogens is 204 g/mol. The second-order valence-corrected chi connectivity index (χ2v) is 4.75. The van der Waals surface area contributed by atoms with E-state index in [1.165, 1.54) is 6.42 Å². The van der Waals surface area contributed by atoms with E-state index in [4.69, 9.17) is 4.52 Å². The molecule has 0 radical (unpaired) electrons. The van der Waals surface area contributed by atoms with E-state index < -0.39 is 0 Å². The van der Waals surface area contributed by atoms with E-state index in [-0.39, 0.29) is 0 Å². The van der Waals surface area contributed by atoms with E-state index in [0.717, 1.165) is 18.8 Å². The van der Waals surface area contributed by atoms with Gasteiger partial charge in [-0.25, -0.2) is 0 Å². The Bertz CT molecular complexity index is 336. The molecule has 5 heteroatoms. The molecule has 16 heavy (non-hydrogen) atoms. The van der Waals surface area contributed by atoms with E-state index in [1.54, 1.807) is 0 Å². The molecule has 1 fully saturated rings. The second kappa shape index (κ2) is 4.82. The van der Waals surface area contributed by atoms with Gasteiger partial charge in [0.25, 0.3) is 0 Å². The number of piperidine rings is 1. The maximum absolute atomic E-state index is 5.18. The van der Waals surface area contributed by atoms with Gasteiger partial charge in [-0.1, -0.05) is 19.0 Å². The van der Waals surface area contributed by atoms with Crippen LogP contribution in [0, 0.1) is 0 Å². The Labute approximate surface area is 96.0 Å². The minimum atomic E-state index is 0.307. The Hall–Kier alpha value is -1.10. The molecular formula is C11H20N4O. The summed E-state index contributed by atoms with van der Waals surface area (Å²) in [6.07, 6.45) is 2.33. The van der Waals surface area contributed by atoms with Gasteiger partial charge in [-0.3, -0.25) is 0 Å². The molecule has 0 aromatic carbocycles. The Morgan fingerprint density at radius 3 is 2.94 bits per heavy atom. The van der Waals surface area contributed by atoms with Crippen molar-refractivity contribution in [2.24, 2.45) is 0 Å². The number of rotatable bonds is 3. The average Bonchev–Trinajstić information content (AvgIpc) is 2.70. The molecule has 2 rings (SSSR count). The minimum absolute atomic E-state index is 0.307. The normalized spacial score (nSPS) is 26.0. The third-order valence-corrected chi connectivity index (χ3v) is 3.03. The topological polar surface area (TPSA) is 63.0 Å². The van der Waals surface area contributed by atoms with Gasteiger partial charge >= 0.3 is 6.01 Å². The molecule has 1 aliphatic heterocycles. The standard InChI is InChI=1S/C11H20N4O/c1-7(2)10-14-11(16-15-10)13-9-5-4-6-12-8(9)3/h7-9,12H,4-6H2,1-3H3,(H,13,14,15). The zero-order valence-electron chi connectivity index (χ0n) is 10.2. The molecule has 2 unspecified atom stereocenters. The summed E-state index contributed by atoms with van der Waals surface area (Å²) in [5.41, 5.74) is 0. The molecule has 0 bridgehead atoms. The van der Waals surface area contributed by atoms with Crippen molar-refractivity contribution in [3.05, 3.63) is 5.82 Å². The van der Waals surface area contributed by atoms with Crippen LogP contribution in [0.4, 0.5) is 6.01 Å². The molecule has 90 valence electrons. The minimum Gasteiger partial charge on any atom is -0.333 e. The average molecular weight is 224 g/mol. The summed E-state index contributed by atoms with van der Waals surface area (Å²) < 4.78 is 5.18. The second-order valence-electron chi connectivity index (χ2n) is 4.75. The SMILES string of the molecule is CC(C)c1noc(NC2CCCNC2C)n1. The fraction of sp³-hybridized carbons (Fsp3) is 0.818. The van der Waals surface area contributed by atoms with Crippen LogP contribution in [0.2, 0.25) is 0 Å². The number of hydrogen-bond acceptors (Lipinski definition) is 5. The number of aromatic nitrogens is 2. The van der Waals surface area contributed by atoms with E-state index in [9.17, 15) is 0 Å². The van der Waals surface area contributed by atoms with Gasteiger partial charge < -0.3 is 15.2 Å². The maximum Gasteiger partial charge on any atom is 0.321 e. The van der Waals surface area contributed by atoms with Crippen molar-refractivity contribution in [1.29, 1.82) is 0 Å². The number of nitrogens with one attached hydrogen (secondary N) is 2. The van der Waals surface area contributed by atoms with Crippen LogP contribution in [0.5, 0.6) is 0 Å². The molecule has 2 atom stereocenters. The van der Waals surface area contributed by atoms with Crippen LogP contribution in [0.15, 0.2) is 4.52 Å². The third-order valence-electron chi connectivity index (χ3n) is 3.03.